The number of nitro benzene ring substituents is 1. The van der Waals surface area contributed by atoms with Gasteiger partial charge >= 0.3 is 0 Å². The van der Waals surface area contributed by atoms with Gasteiger partial charge in [-0.1, -0.05) is 11.6 Å². The fourth-order valence-corrected chi connectivity index (χ4v) is 2.06. The Kier molecular flexibility index (Phi) is 3.98. The lowest BCUT2D eigenvalue weighted by Crippen LogP contribution is -2.35. The van der Waals surface area contributed by atoms with Crippen molar-refractivity contribution in [3.05, 3.63) is 33.3 Å². The van der Waals surface area contributed by atoms with Gasteiger partial charge in [-0.2, -0.15) is 0 Å². The van der Waals surface area contributed by atoms with E-state index in [1.54, 1.807) is 0 Å². The molecule has 3 N–H and O–H groups in total. The van der Waals surface area contributed by atoms with E-state index in [2.05, 4.69) is 10.6 Å². The minimum absolute atomic E-state index is 0.0115. The molecule has 0 bridgehead atoms. The fourth-order valence-electron chi connectivity index (χ4n) is 1.88. The van der Waals surface area contributed by atoms with Gasteiger partial charge in [-0.05, 0) is 18.6 Å². The Morgan fingerprint density at radius 1 is 1.58 bits per heavy atom. The summed E-state index contributed by atoms with van der Waals surface area (Å²) in [4.78, 5) is 21.9. The molecule has 0 radical (unpaired) electrons. The van der Waals surface area contributed by atoms with Crippen molar-refractivity contribution in [1.29, 1.82) is 0 Å². The summed E-state index contributed by atoms with van der Waals surface area (Å²) in [5, 5.41) is 25.5. The molecule has 1 heterocycles. The van der Waals surface area contributed by atoms with Gasteiger partial charge in [0.05, 0.1) is 17.1 Å². The molecule has 1 aromatic rings. The van der Waals surface area contributed by atoms with Crippen LogP contribution in [0.4, 0.5) is 11.4 Å². The highest BCUT2D eigenvalue weighted by molar-refractivity contribution is 6.32. The van der Waals surface area contributed by atoms with E-state index in [4.69, 9.17) is 11.6 Å². The fraction of sp³-hybridized carbons (Fsp3) is 0.364. The number of rotatable bonds is 3. The first-order valence-corrected chi connectivity index (χ1v) is 6.01. The maximum Gasteiger partial charge on any atom is 0.289 e. The highest BCUT2D eigenvalue weighted by atomic mass is 35.5. The van der Waals surface area contributed by atoms with Gasteiger partial charge in [0.1, 0.15) is 5.02 Å². The van der Waals surface area contributed by atoms with Crippen molar-refractivity contribution in [2.24, 2.45) is 0 Å². The van der Waals surface area contributed by atoms with Crippen molar-refractivity contribution in [2.75, 3.05) is 11.9 Å². The van der Waals surface area contributed by atoms with E-state index in [0.717, 1.165) is 0 Å². The zero-order chi connectivity index (χ0) is 14.0. The van der Waals surface area contributed by atoms with Crippen molar-refractivity contribution in [3.8, 4) is 0 Å². The smallest absolute Gasteiger partial charge is 0.289 e. The lowest BCUT2D eigenvalue weighted by Gasteiger charge is -2.11. The molecule has 102 valence electrons. The topological polar surface area (TPSA) is 104 Å². The van der Waals surface area contributed by atoms with Crippen LogP contribution in [0.2, 0.25) is 5.02 Å². The second-order valence-electron chi connectivity index (χ2n) is 4.26. The number of benzene rings is 1. The van der Waals surface area contributed by atoms with Crippen molar-refractivity contribution in [3.63, 3.8) is 0 Å². The number of hydrogen-bond acceptors (Lipinski definition) is 5. The number of anilines is 1. The zero-order valence-corrected chi connectivity index (χ0v) is 10.6. The third-order valence-corrected chi connectivity index (χ3v) is 3.15. The number of amides is 1. The van der Waals surface area contributed by atoms with Gasteiger partial charge in [-0.25, -0.2) is 0 Å². The van der Waals surface area contributed by atoms with Gasteiger partial charge in [0.15, 0.2) is 0 Å². The molecule has 7 nitrogen and oxygen atoms in total. The summed E-state index contributed by atoms with van der Waals surface area (Å²) in [6.45, 7) is 0.360. The van der Waals surface area contributed by atoms with E-state index < -0.39 is 17.1 Å². The van der Waals surface area contributed by atoms with Crippen LogP contribution in [0.1, 0.15) is 6.42 Å². The molecular formula is C11H12ClN3O4. The summed E-state index contributed by atoms with van der Waals surface area (Å²) in [7, 11) is 0. The van der Waals surface area contributed by atoms with Gasteiger partial charge in [0.25, 0.3) is 5.69 Å². The zero-order valence-electron chi connectivity index (χ0n) is 9.80. The molecule has 2 unspecified atom stereocenters. The number of aliphatic hydroxyl groups is 1. The molecule has 1 aliphatic heterocycles. The predicted octanol–water partition coefficient (Wildman–Crippen LogP) is 0.909. The minimum atomic E-state index is -0.616. The standard InChI is InChI=1S/C11H12ClN3O4/c12-8-2-1-6(3-10(8)15(18)19)14-11(17)9-4-7(16)5-13-9/h1-3,7,9,13,16H,4-5H2,(H,14,17). The van der Waals surface area contributed by atoms with Gasteiger partial charge in [-0.3, -0.25) is 14.9 Å². The van der Waals surface area contributed by atoms with Crippen molar-refractivity contribution in [1.82, 2.24) is 5.32 Å². The van der Waals surface area contributed by atoms with Gasteiger partial charge < -0.3 is 15.7 Å². The van der Waals surface area contributed by atoms with Crippen LogP contribution in [0.5, 0.6) is 0 Å². The number of carbonyl (C=O) groups excluding carboxylic acids is 1. The number of nitrogens with one attached hydrogen (secondary N) is 2. The van der Waals surface area contributed by atoms with Crippen LogP contribution < -0.4 is 10.6 Å². The van der Waals surface area contributed by atoms with Crippen LogP contribution in [0.3, 0.4) is 0 Å². The first-order valence-electron chi connectivity index (χ1n) is 5.63. The van der Waals surface area contributed by atoms with Crippen LogP contribution in [-0.2, 0) is 4.79 Å². The Labute approximate surface area is 113 Å². The SMILES string of the molecule is O=C(Nc1ccc(Cl)c([N+](=O)[O-])c1)C1CC(O)CN1. The largest absolute Gasteiger partial charge is 0.392 e. The monoisotopic (exact) mass is 285 g/mol. The minimum Gasteiger partial charge on any atom is -0.392 e. The third kappa shape index (κ3) is 3.19. The van der Waals surface area contributed by atoms with Gasteiger partial charge in [0.2, 0.25) is 5.91 Å². The number of nitrogens with zero attached hydrogens (tertiary/aromatic N) is 1. The van der Waals surface area contributed by atoms with E-state index in [9.17, 15) is 20.0 Å². The van der Waals surface area contributed by atoms with E-state index in [-0.39, 0.29) is 16.6 Å². The maximum atomic E-state index is 11.8. The summed E-state index contributed by atoms with van der Waals surface area (Å²) in [5.74, 6) is -0.340. The van der Waals surface area contributed by atoms with Gasteiger partial charge in [0, 0.05) is 18.3 Å². The van der Waals surface area contributed by atoms with Crippen LogP contribution in [-0.4, -0.2) is 34.6 Å². The molecule has 0 spiro atoms. The highest BCUT2D eigenvalue weighted by Crippen LogP contribution is 2.27. The molecule has 19 heavy (non-hydrogen) atoms. The Bertz CT molecular complexity index is 523. The highest BCUT2D eigenvalue weighted by Gasteiger charge is 2.28. The number of nitro groups is 1. The molecule has 2 rings (SSSR count). The lowest BCUT2D eigenvalue weighted by molar-refractivity contribution is -0.384. The van der Waals surface area contributed by atoms with E-state index in [0.29, 0.717) is 18.7 Å². The Hall–Kier alpha value is -1.70. The number of carbonyl (C=O) groups is 1. The number of hydrogen-bond donors (Lipinski definition) is 3. The first kappa shape index (κ1) is 13.7. The average molecular weight is 286 g/mol. The number of aliphatic hydroxyl groups excluding tert-OH is 1. The van der Waals surface area contributed by atoms with Gasteiger partial charge in [-0.15, -0.1) is 0 Å². The molecule has 0 saturated carbocycles. The summed E-state index contributed by atoms with van der Waals surface area (Å²) in [6, 6.07) is 3.54. The molecule has 0 aliphatic carbocycles. The predicted molar refractivity (Wildman–Crippen MR) is 69.2 cm³/mol. The van der Waals surface area contributed by atoms with Crippen molar-refractivity contribution < 1.29 is 14.8 Å². The summed E-state index contributed by atoms with van der Waals surface area (Å²) in [5.41, 5.74) is 0.0307. The molecule has 1 aliphatic rings. The second-order valence-corrected chi connectivity index (χ2v) is 4.67. The molecule has 1 aromatic carbocycles. The second kappa shape index (κ2) is 5.52. The van der Waals surface area contributed by atoms with Crippen LogP contribution >= 0.6 is 11.6 Å². The molecule has 1 amide bonds. The Morgan fingerprint density at radius 3 is 2.89 bits per heavy atom. The lowest BCUT2D eigenvalue weighted by atomic mass is 10.2. The summed E-state index contributed by atoms with van der Waals surface area (Å²) >= 11 is 5.67. The molecule has 0 aromatic heterocycles. The Balaban J connectivity index is 2.09. The molecule has 2 atom stereocenters. The molecule has 1 fully saturated rings. The molecule has 1 saturated heterocycles. The number of halogens is 1. The number of β-amino-alcohol motifs (C(OH)–C–C–N with tert-alkyl or cyclic N) is 1. The summed E-state index contributed by atoms with van der Waals surface area (Å²) in [6.07, 6.45) is -0.225. The van der Waals surface area contributed by atoms with Crippen LogP contribution in [0.15, 0.2) is 18.2 Å². The first-order chi connectivity index (χ1) is 8.97. The van der Waals surface area contributed by atoms with E-state index >= 15 is 0 Å². The van der Waals surface area contributed by atoms with Crippen molar-refractivity contribution >= 4 is 28.9 Å². The normalized spacial score (nSPS) is 22.2. The van der Waals surface area contributed by atoms with Crippen molar-refractivity contribution in [2.45, 2.75) is 18.6 Å². The molecular weight excluding hydrogens is 274 g/mol. The van der Waals surface area contributed by atoms with Crippen LogP contribution in [0, 0.1) is 10.1 Å². The maximum absolute atomic E-state index is 11.8. The molecule has 8 heteroatoms. The summed E-state index contributed by atoms with van der Waals surface area (Å²) < 4.78 is 0. The quantitative estimate of drug-likeness (QED) is 0.565. The van der Waals surface area contributed by atoms with Crippen LogP contribution in [0.25, 0.3) is 0 Å². The van der Waals surface area contributed by atoms with E-state index in [1.807, 2.05) is 0 Å². The Morgan fingerprint density at radius 2 is 2.32 bits per heavy atom. The van der Waals surface area contributed by atoms with E-state index in [1.165, 1.54) is 18.2 Å². The average Bonchev–Trinajstić information content (AvgIpc) is 2.78. The third-order valence-electron chi connectivity index (χ3n) is 2.83.